The van der Waals surface area contributed by atoms with Crippen molar-refractivity contribution in [1.29, 1.82) is 0 Å². The molecule has 1 atom stereocenters. The number of aryl methyl sites for hydroxylation is 2. The van der Waals surface area contributed by atoms with Crippen molar-refractivity contribution in [2.45, 2.75) is 26.2 Å². The Bertz CT molecular complexity index is 624. The Hall–Kier alpha value is -2.11. The number of anilines is 1. The highest BCUT2D eigenvalue weighted by atomic mass is 16.1. The topological polar surface area (TPSA) is 75.6 Å². The van der Waals surface area contributed by atoms with Crippen LogP contribution in [0.3, 0.4) is 0 Å². The molecule has 0 fully saturated rings. The Morgan fingerprint density at radius 3 is 2.89 bits per heavy atom. The van der Waals surface area contributed by atoms with E-state index >= 15 is 0 Å². The minimum atomic E-state index is 0.00209. The van der Waals surface area contributed by atoms with Crippen LogP contribution in [0.5, 0.6) is 0 Å². The number of fused-ring (bicyclic) bond motifs is 1. The van der Waals surface area contributed by atoms with Crippen molar-refractivity contribution in [2.24, 2.45) is 7.05 Å². The van der Waals surface area contributed by atoms with Crippen molar-refractivity contribution in [1.82, 2.24) is 20.0 Å². The van der Waals surface area contributed by atoms with Crippen molar-refractivity contribution in [3.63, 3.8) is 0 Å². The number of hydrogen-bond acceptors (Lipinski definition) is 3. The van der Waals surface area contributed by atoms with E-state index < -0.39 is 0 Å². The van der Waals surface area contributed by atoms with Crippen LogP contribution in [-0.4, -0.2) is 25.9 Å². The zero-order valence-corrected chi connectivity index (χ0v) is 10.6. The van der Waals surface area contributed by atoms with Crippen molar-refractivity contribution < 1.29 is 4.79 Å². The van der Waals surface area contributed by atoms with E-state index in [4.69, 9.17) is 0 Å². The lowest BCUT2D eigenvalue weighted by molar-refractivity contribution is -0.116. The van der Waals surface area contributed by atoms with Crippen molar-refractivity contribution in [3.8, 4) is 0 Å². The lowest BCUT2D eigenvalue weighted by atomic mass is 9.86. The molecule has 0 radical (unpaired) electrons. The Balaban J connectivity index is 2.15. The molecule has 0 saturated heterocycles. The van der Waals surface area contributed by atoms with Crippen molar-refractivity contribution in [3.05, 3.63) is 28.7 Å². The predicted octanol–water partition coefficient (Wildman–Crippen LogP) is 1.23. The number of aromatic amines is 1. The van der Waals surface area contributed by atoms with Gasteiger partial charge in [0.25, 0.3) is 0 Å². The second-order valence-corrected chi connectivity index (χ2v) is 4.72. The molecule has 1 amide bonds. The van der Waals surface area contributed by atoms with Crippen LogP contribution in [0.4, 0.5) is 5.82 Å². The third-order valence-corrected chi connectivity index (χ3v) is 3.64. The zero-order chi connectivity index (χ0) is 12.9. The first kappa shape index (κ1) is 11.0. The van der Waals surface area contributed by atoms with E-state index in [-0.39, 0.29) is 11.8 Å². The van der Waals surface area contributed by atoms with E-state index in [0.29, 0.717) is 12.2 Å². The number of carbonyl (C=O) groups is 1. The van der Waals surface area contributed by atoms with Gasteiger partial charge in [-0.1, -0.05) is 0 Å². The first-order valence-corrected chi connectivity index (χ1v) is 5.91. The van der Waals surface area contributed by atoms with E-state index in [1.807, 2.05) is 31.8 Å². The maximum Gasteiger partial charge on any atom is 0.226 e. The van der Waals surface area contributed by atoms with Gasteiger partial charge in [-0.15, -0.1) is 0 Å². The molecule has 0 bridgehead atoms. The smallest absolute Gasteiger partial charge is 0.226 e. The summed E-state index contributed by atoms with van der Waals surface area (Å²) in [7, 11) is 1.91. The molecule has 1 aliphatic heterocycles. The number of H-pyrrole nitrogens is 1. The Kier molecular flexibility index (Phi) is 2.26. The average molecular weight is 245 g/mol. The Labute approximate surface area is 104 Å². The summed E-state index contributed by atoms with van der Waals surface area (Å²) in [5.74, 6) is 0.695. The highest BCUT2D eigenvalue weighted by Crippen LogP contribution is 2.38. The normalized spacial score (nSPS) is 18.6. The molecule has 0 aromatic carbocycles. The van der Waals surface area contributed by atoms with Crippen LogP contribution >= 0.6 is 0 Å². The van der Waals surface area contributed by atoms with Crippen LogP contribution in [0.15, 0.2) is 6.20 Å². The summed E-state index contributed by atoms with van der Waals surface area (Å²) in [6.45, 7) is 3.99. The number of amides is 1. The Morgan fingerprint density at radius 1 is 1.44 bits per heavy atom. The molecule has 0 aliphatic carbocycles. The summed E-state index contributed by atoms with van der Waals surface area (Å²) in [6.07, 6.45) is 2.29. The van der Waals surface area contributed by atoms with Gasteiger partial charge >= 0.3 is 0 Å². The largest absolute Gasteiger partial charge is 0.309 e. The second-order valence-electron chi connectivity index (χ2n) is 4.72. The van der Waals surface area contributed by atoms with Gasteiger partial charge in [-0.05, 0) is 13.8 Å². The number of carbonyl (C=O) groups excluding carboxylic acids is 1. The monoisotopic (exact) mass is 245 g/mol. The highest BCUT2D eigenvalue weighted by molar-refractivity contribution is 5.94. The Morgan fingerprint density at radius 2 is 2.22 bits per heavy atom. The zero-order valence-electron chi connectivity index (χ0n) is 10.6. The summed E-state index contributed by atoms with van der Waals surface area (Å²) in [5.41, 5.74) is 4.25. The first-order valence-electron chi connectivity index (χ1n) is 5.91. The average Bonchev–Trinajstić information content (AvgIpc) is 2.84. The van der Waals surface area contributed by atoms with Gasteiger partial charge in [0, 0.05) is 41.9 Å². The molecular weight excluding hydrogens is 230 g/mol. The molecule has 2 aromatic rings. The van der Waals surface area contributed by atoms with Gasteiger partial charge in [-0.25, -0.2) is 0 Å². The second kappa shape index (κ2) is 3.69. The summed E-state index contributed by atoms with van der Waals surface area (Å²) in [5, 5.41) is 14.1. The third-order valence-electron chi connectivity index (χ3n) is 3.64. The van der Waals surface area contributed by atoms with Gasteiger partial charge in [0.2, 0.25) is 5.91 Å². The SMILES string of the molecule is Cc1[nH]nc2c1[C@@H](c1cnn(C)c1C)CC(=O)N2. The third kappa shape index (κ3) is 1.45. The lowest BCUT2D eigenvalue weighted by Gasteiger charge is -2.22. The van der Waals surface area contributed by atoms with Crippen LogP contribution in [0.25, 0.3) is 0 Å². The number of nitrogens with zero attached hydrogens (tertiary/aromatic N) is 3. The van der Waals surface area contributed by atoms with Crippen LogP contribution in [0, 0.1) is 13.8 Å². The molecule has 0 unspecified atom stereocenters. The van der Waals surface area contributed by atoms with Crippen LogP contribution in [0.2, 0.25) is 0 Å². The number of rotatable bonds is 1. The van der Waals surface area contributed by atoms with Gasteiger partial charge in [-0.3, -0.25) is 14.6 Å². The molecule has 0 saturated carbocycles. The minimum Gasteiger partial charge on any atom is -0.309 e. The van der Waals surface area contributed by atoms with E-state index in [0.717, 1.165) is 22.5 Å². The lowest BCUT2D eigenvalue weighted by Crippen LogP contribution is -2.23. The fourth-order valence-electron chi connectivity index (χ4n) is 2.55. The van der Waals surface area contributed by atoms with Gasteiger partial charge < -0.3 is 5.32 Å². The molecule has 6 nitrogen and oxygen atoms in total. The van der Waals surface area contributed by atoms with Gasteiger partial charge in [0.15, 0.2) is 5.82 Å². The molecule has 6 heteroatoms. The number of nitrogens with one attached hydrogen (secondary N) is 2. The molecule has 2 N–H and O–H groups in total. The van der Waals surface area contributed by atoms with Crippen molar-refractivity contribution >= 4 is 11.7 Å². The van der Waals surface area contributed by atoms with E-state index in [1.165, 1.54) is 0 Å². The molecule has 18 heavy (non-hydrogen) atoms. The van der Waals surface area contributed by atoms with Crippen LogP contribution in [-0.2, 0) is 11.8 Å². The fourth-order valence-corrected chi connectivity index (χ4v) is 2.55. The van der Waals surface area contributed by atoms with Gasteiger partial charge in [0.05, 0.1) is 6.20 Å². The molecular formula is C12H15N5O. The first-order chi connectivity index (χ1) is 8.58. The molecule has 0 spiro atoms. The molecule has 2 aromatic heterocycles. The summed E-state index contributed by atoms with van der Waals surface area (Å²) in [4.78, 5) is 11.7. The van der Waals surface area contributed by atoms with Crippen LogP contribution < -0.4 is 5.32 Å². The molecule has 3 heterocycles. The summed E-state index contributed by atoms with van der Waals surface area (Å²) >= 11 is 0. The quantitative estimate of drug-likeness (QED) is 0.793. The van der Waals surface area contributed by atoms with E-state index in [2.05, 4.69) is 20.6 Å². The molecule has 94 valence electrons. The number of hydrogen-bond donors (Lipinski definition) is 2. The predicted molar refractivity (Wildman–Crippen MR) is 66.4 cm³/mol. The van der Waals surface area contributed by atoms with Crippen LogP contribution in [0.1, 0.15) is 34.9 Å². The standard InChI is InChI=1S/C12H15N5O/c1-6-11-8(9-5-13-17(3)7(9)2)4-10(18)14-12(11)16-15-6/h5,8H,4H2,1-3H3,(H2,14,15,16,18)/t8-/m1/s1. The van der Waals surface area contributed by atoms with Gasteiger partial charge in [0.1, 0.15) is 0 Å². The minimum absolute atomic E-state index is 0.00209. The van der Waals surface area contributed by atoms with E-state index in [1.54, 1.807) is 0 Å². The maximum atomic E-state index is 11.7. The van der Waals surface area contributed by atoms with E-state index in [9.17, 15) is 4.79 Å². The maximum absolute atomic E-state index is 11.7. The number of aromatic nitrogens is 4. The highest BCUT2D eigenvalue weighted by Gasteiger charge is 2.32. The summed E-state index contributed by atoms with van der Waals surface area (Å²) < 4.78 is 1.83. The molecule has 1 aliphatic rings. The molecule has 3 rings (SSSR count). The fraction of sp³-hybridized carbons (Fsp3) is 0.417. The van der Waals surface area contributed by atoms with Crippen molar-refractivity contribution in [2.75, 3.05) is 5.32 Å². The van der Waals surface area contributed by atoms with Gasteiger partial charge in [-0.2, -0.15) is 10.2 Å². The summed E-state index contributed by atoms with van der Waals surface area (Å²) in [6, 6.07) is 0.